The van der Waals surface area contributed by atoms with Crippen molar-refractivity contribution in [1.29, 1.82) is 0 Å². The van der Waals surface area contributed by atoms with Crippen molar-refractivity contribution >= 4 is 5.69 Å². The molecule has 0 aliphatic carbocycles. The zero-order valence-electron chi connectivity index (χ0n) is 16.6. The summed E-state index contributed by atoms with van der Waals surface area (Å²) in [6, 6.07) is 16.0. The summed E-state index contributed by atoms with van der Waals surface area (Å²) in [5.74, 6) is 0. The number of halogens is 1. The average Bonchev–Trinajstić information content (AvgIpc) is 3.18. The molecular formula is C22H24FN5O2. The van der Waals surface area contributed by atoms with Gasteiger partial charge in [-0.25, -0.2) is 18.4 Å². The van der Waals surface area contributed by atoms with Crippen molar-refractivity contribution in [3.63, 3.8) is 0 Å². The van der Waals surface area contributed by atoms with Gasteiger partial charge in [-0.15, -0.1) is 0 Å². The van der Waals surface area contributed by atoms with E-state index in [2.05, 4.69) is 34.3 Å². The average molecular weight is 409 g/mol. The van der Waals surface area contributed by atoms with Crippen molar-refractivity contribution in [2.24, 2.45) is 5.73 Å². The van der Waals surface area contributed by atoms with Gasteiger partial charge < -0.3 is 15.4 Å². The minimum atomic E-state index is -0.345. The number of anilines is 1. The van der Waals surface area contributed by atoms with Crippen LogP contribution in [0.4, 0.5) is 10.1 Å². The summed E-state index contributed by atoms with van der Waals surface area (Å²) in [4.78, 5) is 15.0. The second-order valence-corrected chi connectivity index (χ2v) is 7.11. The van der Waals surface area contributed by atoms with E-state index in [9.17, 15) is 9.18 Å². The number of morpholine rings is 1. The van der Waals surface area contributed by atoms with Crippen molar-refractivity contribution in [3.05, 3.63) is 77.2 Å². The molecule has 3 aromatic rings. The number of nitrogens with two attached hydrogens (primary N) is 1. The summed E-state index contributed by atoms with van der Waals surface area (Å²) in [7, 11) is 0. The monoisotopic (exact) mass is 409 g/mol. The standard InChI is InChI=1S/C22H24FN5O2/c23-13-17(14-24)15-28-22(29)27(16-25-28)21-3-1-2-19(12-21)18-4-6-20(7-5-18)26-8-10-30-11-9-26/h1-7,12-13,16H,8-11,14-15,24H2/b17-13+. The van der Waals surface area contributed by atoms with Gasteiger partial charge in [-0.1, -0.05) is 24.3 Å². The molecule has 0 unspecified atom stereocenters. The fraction of sp³-hybridized carbons (Fsp3) is 0.273. The molecule has 4 rings (SSSR count). The number of aromatic nitrogens is 3. The molecule has 0 radical (unpaired) electrons. The summed E-state index contributed by atoms with van der Waals surface area (Å²) >= 11 is 0. The number of hydrogen-bond donors (Lipinski definition) is 1. The zero-order chi connectivity index (χ0) is 20.9. The van der Waals surface area contributed by atoms with Crippen LogP contribution >= 0.6 is 0 Å². The van der Waals surface area contributed by atoms with Crippen LogP contribution in [0.1, 0.15) is 0 Å². The lowest BCUT2D eigenvalue weighted by Crippen LogP contribution is -2.36. The highest BCUT2D eigenvalue weighted by atomic mass is 19.1. The van der Waals surface area contributed by atoms with Gasteiger partial charge in [-0.2, -0.15) is 5.10 Å². The van der Waals surface area contributed by atoms with Crippen LogP contribution in [0.3, 0.4) is 0 Å². The second-order valence-electron chi connectivity index (χ2n) is 7.11. The topological polar surface area (TPSA) is 78.3 Å². The predicted molar refractivity (Wildman–Crippen MR) is 115 cm³/mol. The van der Waals surface area contributed by atoms with Crippen LogP contribution in [0.25, 0.3) is 16.8 Å². The number of rotatable bonds is 6. The first-order chi connectivity index (χ1) is 14.7. The summed E-state index contributed by atoms with van der Waals surface area (Å²) in [5, 5.41) is 4.08. The Bertz CT molecular complexity index is 1080. The molecule has 0 atom stereocenters. The van der Waals surface area contributed by atoms with Gasteiger partial charge in [0.05, 0.1) is 31.8 Å². The van der Waals surface area contributed by atoms with Gasteiger partial charge in [0.25, 0.3) is 0 Å². The third-order valence-electron chi connectivity index (χ3n) is 5.20. The van der Waals surface area contributed by atoms with Crippen molar-refractivity contribution in [3.8, 4) is 16.8 Å². The van der Waals surface area contributed by atoms with E-state index in [1.807, 2.05) is 24.3 Å². The summed E-state index contributed by atoms with van der Waals surface area (Å²) in [6.45, 7) is 3.35. The van der Waals surface area contributed by atoms with Crippen LogP contribution in [-0.2, 0) is 11.3 Å². The predicted octanol–water partition coefficient (Wildman–Crippen LogP) is 2.35. The lowest BCUT2D eigenvalue weighted by molar-refractivity contribution is 0.122. The number of hydrogen-bond acceptors (Lipinski definition) is 5. The van der Waals surface area contributed by atoms with E-state index in [0.29, 0.717) is 17.6 Å². The quantitative estimate of drug-likeness (QED) is 0.676. The van der Waals surface area contributed by atoms with Crippen molar-refractivity contribution in [2.45, 2.75) is 6.54 Å². The molecule has 1 fully saturated rings. The van der Waals surface area contributed by atoms with E-state index in [0.717, 1.165) is 37.4 Å². The maximum Gasteiger partial charge on any atom is 0.350 e. The minimum Gasteiger partial charge on any atom is -0.378 e. The van der Waals surface area contributed by atoms with Gasteiger partial charge in [-0.3, -0.25) is 0 Å². The van der Waals surface area contributed by atoms with Gasteiger partial charge >= 0.3 is 5.69 Å². The van der Waals surface area contributed by atoms with Gasteiger partial charge in [0.1, 0.15) is 6.33 Å². The van der Waals surface area contributed by atoms with Crippen molar-refractivity contribution < 1.29 is 9.13 Å². The lowest BCUT2D eigenvalue weighted by atomic mass is 10.0. The van der Waals surface area contributed by atoms with Gasteiger partial charge in [0.15, 0.2) is 0 Å². The first-order valence-corrected chi connectivity index (χ1v) is 9.86. The normalized spacial score (nSPS) is 14.9. The fourth-order valence-electron chi connectivity index (χ4n) is 3.48. The van der Waals surface area contributed by atoms with Crippen molar-refractivity contribution in [2.75, 3.05) is 37.7 Å². The molecule has 0 saturated carbocycles. The number of ether oxygens (including phenoxy) is 1. The Morgan fingerprint density at radius 2 is 1.87 bits per heavy atom. The minimum absolute atomic E-state index is 0.0293. The molecule has 7 nitrogen and oxygen atoms in total. The van der Waals surface area contributed by atoms with Crippen LogP contribution in [0.5, 0.6) is 0 Å². The van der Waals surface area contributed by atoms with E-state index in [4.69, 9.17) is 10.5 Å². The fourth-order valence-corrected chi connectivity index (χ4v) is 3.48. The first kappa shape index (κ1) is 20.1. The SMILES string of the molecule is NC/C(=C\F)Cn1ncn(-c2cccc(-c3ccc(N4CCOCC4)cc3)c2)c1=O. The molecule has 2 aromatic carbocycles. The summed E-state index contributed by atoms with van der Waals surface area (Å²) in [6.07, 6.45) is 1.86. The van der Waals surface area contributed by atoms with Crippen LogP contribution in [0, 0.1) is 0 Å². The maximum absolute atomic E-state index is 12.8. The van der Waals surface area contributed by atoms with E-state index in [-0.39, 0.29) is 18.8 Å². The highest BCUT2D eigenvalue weighted by molar-refractivity contribution is 5.68. The summed E-state index contributed by atoms with van der Waals surface area (Å²) in [5.41, 5.74) is 9.35. The molecule has 1 aliphatic rings. The Morgan fingerprint density at radius 3 is 2.57 bits per heavy atom. The smallest absolute Gasteiger partial charge is 0.350 e. The molecule has 30 heavy (non-hydrogen) atoms. The molecule has 2 N–H and O–H groups in total. The number of nitrogens with zero attached hydrogens (tertiary/aromatic N) is 4. The Morgan fingerprint density at radius 1 is 1.10 bits per heavy atom. The van der Waals surface area contributed by atoms with E-state index in [1.165, 1.54) is 21.3 Å². The molecule has 8 heteroatoms. The van der Waals surface area contributed by atoms with Crippen molar-refractivity contribution in [1.82, 2.24) is 14.3 Å². The molecule has 1 aromatic heterocycles. The van der Waals surface area contributed by atoms with Crippen LogP contribution in [-0.4, -0.2) is 47.2 Å². The molecule has 1 saturated heterocycles. The van der Waals surface area contributed by atoms with Gasteiger partial charge in [0, 0.05) is 25.3 Å². The molecule has 2 heterocycles. The van der Waals surface area contributed by atoms with Crippen LogP contribution < -0.4 is 16.3 Å². The molecular weight excluding hydrogens is 385 g/mol. The van der Waals surface area contributed by atoms with Crippen LogP contribution in [0.2, 0.25) is 0 Å². The largest absolute Gasteiger partial charge is 0.378 e. The Hall–Kier alpha value is -3.23. The first-order valence-electron chi connectivity index (χ1n) is 9.86. The lowest BCUT2D eigenvalue weighted by Gasteiger charge is -2.28. The number of benzene rings is 2. The molecule has 0 amide bonds. The molecule has 0 spiro atoms. The third-order valence-corrected chi connectivity index (χ3v) is 5.20. The molecule has 0 bridgehead atoms. The Labute approximate surface area is 173 Å². The second kappa shape index (κ2) is 9.06. The van der Waals surface area contributed by atoms with Gasteiger partial charge in [-0.05, 0) is 41.0 Å². The van der Waals surface area contributed by atoms with E-state index < -0.39 is 0 Å². The summed E-state index contributed by atoms with van der Waals surface area (Å²) < 4.78 is 20.8. The third kappa shape index (κ3) is 4.19. The van der Waals surface area contributed by atoms with Gasteiger partial charge in [0.2, 0.25) is 0 Å². The zero-order valence-corrected chi connectivity index (χ0v) is 16.6. The Kier molecular flexibility index (Phi) is 6.06. The van der Waals surface area contributed by atoms with E-state index >= 15 is 0 Å². The molecule has 1 aliphatic heterocycles. The van der Waals surface area contributed by atoms with Crippen LogP contribution in [0.15, 0.2) is 71.6 Å². The maximum atomic E-state index is 12.8. The molecule has 156 valence electrons. The van der Waals surface area contributed by atoms with E-state index in [1.54, 1.807) is 0 Å². The highest BCUT2D eigenvalue weighted by Crippen LogP contribution is 2.25. The highest BCUT2D eigenvalue weighted by Gasteiger charge is 2.12. The Balaban J connectivity index is 1.57.